The van der Waals surface area contributed by atoms with Gasteiger partial charge in [-0.1, -0.05) is 0 Å². The molecule has 0 aliphatic rings. The molecule has 0 N–H and O–H groups in total. The minimum absolute atomic E-state index is 0.450. The maximum atomic E-state index is 5.93. The van der Waals surface area contributed by atoms with Gasteiger partial charge in [0.25, 0.3) is 0 Å². The summed E-state index contributed by atoms with van der Waals surface area (Å²) >= 11 is 0. The second-order valence-electron chi connectivity index (χ2n) is 4.64. The van der Waals surface area contributed by atoms with Gasteiger partial charge in [0.2, 0.25) is 0 Å². The highest BCUT2D eigenvalue weighted by molar-refractivity contribution is 6.60. The molecule has 0 aliphatic carbocycles. The highest BCUT2D eigenvalue weighted by Gasteiger charge is 2.43. The Labute approximate surface area is 140 Å². The number of hydrogen-bond donors (Lipinski definition) is 0. The lowest BCUT2D eigenvalue weighted by Crippen LogP contribution is -2.48. The summed E-state index contributed by atoms with van der Waals surface area (Å²) in [6.07, 6.45) is 0. The first kappa shape index (κ1) is 19.8. The minimum atomic E-state index is -2.88. The van der Waals surface area contributed by atoms with E-state index >= 15 is 0 Å². The Balaban J connectivity index is 3.34. The Hall–Kier alpha value is -1.28. The smallest absolute Gasteiger partial charge is 0.496 e. The van der Waals surface area contributed by atoms with Gasteiger partial charge in [0.05, 0.1) is 27.4 Å². The third kappa shape index (κ3) is 4.84. The molecular weight excluding hydrogens is 316 g/mol. The Bertz CT molecular complexity index is 463. The third-order valence-electron chi connectivity index (χ3n) is 3.31. The summed E-state index contributed by atoms with van der Waals surface area (Å²) in [7, 11) is 1.94. The average molecular weight is 344 g/mol. The van der Waals surface area contributed by atoms with E-state index < -0.39 is 8.80 Å². The SMILES string of the molecule is CCO[Si](Cc1c(OC)ccc(OC)c1OC)(OCC)OCC. The van der Waals surface area contributed by atoms with Gasteiger partial charge in [-0.25, -0.2) is 0 Å². The molecule has 0 radical (unpaired) electrons. The molecule has 6 nitrogen and oxygen atoms in total. The molecule has 0 saturated carbocycles. The predicted molar refractivity (Wildman–Crippen MR) is 90.4 cm³/mol. The van der Waals surface area contributed by atoms with Crippen LogP contribution in [0.2, 0.25) is 0 Å². The van der Waals surface area contributed by atoms with Crippen molar-refractivity contribution in [1.29, 1.82) is 0 Å². The minimum Gasteiger partial charge on any atom is -0.496 e. The van der Waals surface area contributed by atoms with E-state index in [0.717, 1.165) is 5.56 Å². The summed E-state index contributed by atoms with van der Waals surface area (Å²) in [5.41, 5.74) is 0.830. The van der Waals surface area contributed by atoms with Crippen molar-refractivity contribution in [2.24, 2.45) is 0 Å². The second kappa shape index (κ2) is 9.77. The van der Waals surface area contributed by atoms with Crippen molar-refractivity contribution < 1.29 is 27.5 Å². The van der Waals surface area contributed by atoms with E-state index in [4.69, 9.17) is 27.5 Å². The first-order chi connectivity index (χ1) is 11.1. The highest BCUT2D eigenvalue weighted by atomic mass is 28.4. The van der Waals surface area contributed by atoms with E-state index in [1.807, 2.05) is 32.9 Å². The lowest BCUT2D eigenvalue weighted by molar-refractivity contribution is 0.0699. The quantitative estimate of drug-likeness (QED) is 0.575. The molecular formula is C16H28O6Si. The lowest BCUT2D eigenvalue weighted by atomic mass is 10.2. The molecule has 23 heavy (non-hydrogen) atoms. The molecule has 7 heteroatoms. The van der Waals surface area contributed by atoms with Crippen molar-refractivity contribution in [2.45, 2.75) is 26.8 Å². The van der Waals surface area contributed by atoms with E-state index in [2.05, 4.69) is 0 Å². The summed E-state index contributed by atoms with van der Waals surface area (Å²) in [5, 5.41) is 0. The zero-order valence-corrected chi connectivity index (χ0v) is 15.9. The van der Waals surface area contributed by atoms with Gasteiger partial charge < -0.3 is 27.5 Å². The van der Waals surface area contributed by atoms with Crippen molar-refractivity contribution in [3.63, 3.8) is 0 Å². The monoisotopic (exact) mass is 344 g/mol. The van der Waals surface area contributed by atoms with Gasteiger partial charge >= 0.3 is 8.80 Å². The summed E-state index contributed by atoms with van der Waals surface area (Å²) in [6.45, 7) is 7.34. The normalized spacial score (nSPS) is 11.4. The molecule has 1 rings (SSSR count). The number of benzene rings is 1. The van der Waals surface area contributed by atoms with E-state index in [0.29, 0.717) is 43.1 Å². The summed E-state index contributed by atoms with van der Waals surface area (Å²) in [6, 6.07) is 4.11. The maximum Gasteiger partial charge on any atom is 0.505 e. The van der Waals surface area contributed by atoms with Crippen molar-refractivity contribution >= 4 is 8.80 Å². The van der Waals surface area contributed by atoms with Crippen LogP contribution in [0, 0.1) is 0 Å². The molecule has 0 aromatic heterocycles. The summed E-state index contributed by atoms with van der Waals surface area (Å²) in [4.78, 5) is 0. The van der Waals surface area contributed by atoms with E-state index in [-0.39, 0.29) is 0 Å². The zero-order valence-electron chi connectivity index (χ0n) is 14.9. The topological polar surface area (TPSA) is 55.4 Å². The van der Waals surface area contributed by atoms with Crippen LogP contribution in [0.5, 0.6) is 17.2 Å². The van der Waals surface area contributed by atoms with E-state index in [1.165, 1.54) is 0 Å². The predicted octanol–water partition coefficient (Wildman–Crippen LogP) is 2.84. The van der Waals surface area contributed by atoms with Gasteiger partial charge in [0.1, 0.15) is 5.75 Å². The highest BCUT2D eigenvalue weighted by Crippen LogP contribution is 2.39. The number of hydrogen-bond acceptors (Lipinski definition) is 6. The molecule has 0 fully saturated rings. The molecule has 1 aromatic carbocycles. The largest absolute Gasteiger partial charge is 0.505 e. The zero-order chi connectivity index (χ0) is 17.3. The fraction of sp³-hybridized carbons (Fsp3) is 0.625. The van der Waals surface area contributed by atoms with Crippen molar-refractivity contribution in [2.75, 3.05) is 41.2 Å². The van der Waals surface area contributed by atoms with E-state index in [9.17, 15) is 0 Å². The number of ether oxygens (including phenoxy) is 3. The van der Waals surface area contributed by atoms with Crippen LogP contribution >= 0.6 is 0 Å². The van der Waals surface area contributed by atoms with Crippen LogP contribution in [0.15, 0.2) is 12.1 Å². The third-order valence-corrected chi connectivity index (χ3v) is 6.28. The van der Waals surface area contributed by atoms with E-state index in [1.54, 1.807) is 21.3 Å². The number of rotatable bonds is 11. The first-order valence-electron chi connectivity index (χ1n) is 7.80. The van der Waals surface area contributed by atoms with Gasteiger partial charge in [0, 0.05) is 25.4 Å². The maximum absolute atomic E-state index is 5.93. The molecule has 132 valence electrons. The van der Waals surface area contributed by atoms with Crippen molar-refractivity contribution in [3.05, 3.63) is 17.7 Å². The molecule has 0 saturated heterocycles. The second-order valence-corrected chi connectivity index (χ2v) is 7.23. The Kier molecular flexibility index (Phi) is 8.39. The Morgan fingerprint density at radius 1 is 0.739 bits per heavy atom. The van der Waals surface area contributed by atoms with Crippen LogP contribution in [0.4, 0.5) is 0 Å². The van der Waals surface area contributed by atoms with Gasteiger partial charge in [-0.2, -0.15) is 0 Å². The van der Waals surface area contributed by atoms with Crippen LogP contribution in [-0.2, 0) is 19.3 Å². The van der Waals surface area contributed by atoms with Crippen molar-refractivity contribution in [1.82, 2.24) is 0 Å². The van der Waals surface area contributed by atoms with Crippen molar-refractivity contribution in [3.8, 4) is 17.2 Å². The fourth-order valence-electron chi connectivity index (χ4n) is 2.49. The van der Waals surface area contributed by atoms with Gasteiger partial charge in [-0.05, 0) is 32.9 Å². The van der Waals surface area contributed by atoms with Crippen LogP contribution in [0.1, 0.15) is 26.3 Å². The summed E-state index contributed by atoms with van der Waals surface area (Å²) in [5.74, 6) is 1.94. The molecule has 1 aromatic rings. The molecule has 0 bridgehead atoms. The van der Waals surface area contributed by atoms with Crippen LogP contribution in [0.3, 0.4) is 0 Å². The molecule has 0 atom stereocenters. The van der Waals surface area contributed by atoms with Gasteiger partial charge in [0.15, 0.2) is 11.5 Å². The first-order valence-corrected chi connectivity index (χ1v) is 9.74. The molecule has 0 spiro atoms. The van der Waals surface area contributed by atoms with Crippen LogP contribution in [0.25, 0.3) is 0 Å². The van der Waals surface area contributed by atoms with Gasteiger partial charge in [-0.15, -0.1) is 0 Å². The molecule has 0 heterocycles. The fourth-order valence-corrected chi connectivity index (χ4v) is 5.13. The van der Waals surface area contributed by atoms with Crippen LogP contribution < -0.4 is 14.2 Å². The molecule has 0 aliphatic heterocycles. The van der Waals surface area contributed by atoms with Gasteiger partial charge in [-0.3, -0.25) is 0 Å². The Morgan fingerprint density at radius 3 is 1.61 bits per heavy atom. The van der Waals surface area contributed by atoms with Crippen LogP contribution in [-0.4, -0.2) is 50.0 Å². The molecule has 0 amide bonds. The standard InChI is InChI=1S/C16H28O6Si/c1-7-20-23(21-8-2,22-9-3)12-13-14(17-4)10-11-15(18-5)16(13)19-6/h10-11H,7-9,12H2,1-6H3. The lowest BCUT2D eigenvalue weighted by Gasteiger charge is -2.29. The Morgan fingerprint density at radius 2 is 1.22 bits per heavy atom. The average Bonchev–Trinajstić information content (AvgIpc) is 2.55. The number of methoxy groups -OCH3 is 3. The molecule has 0 unspecified atom stereocenters. The summed E-state index contributed by atoms with van der Waals surface area (Å²) < 4.78 is 34.2.